The number of nitrogens with zero attached hydrogens (tertiary/aromatic N) is 2. The van der Waals surface area contributed by atoms with E-state index in [0.29, 0.717) is 5.92 Å². The molecular weight excluding hydrogens is 400 g/mol. The summed E-state index contributed by atoms with van der Waals surface area (Å²) in [5.41, 5.74) is 9.07. The SMILES string of the molecule is CCC(CC)c1ccc(C(=C2C=CC(=[N+](C)CC)C=C2)c2ccc(N(CC)CC)cc2)cc1. The van der Waals surface area contributed by atoms with Crippen LogP contribution >= 0.6 is 0 Å². The minimum atomic E-state index is 0.639. The monoisotopic (exact) mass is 441 g/mol. The molecule has 2 aromatic carbocycles. The topological polar surface area (TPSA) is 6.25 Å². The molecule has 0 heterocycles. The van der Waals surface area contributed by atoms with Crippen molar-refractivity contribution in [1.29, 1.82) is 0 Å². The summed E-state index contributed by atoms with van der Waals surface area (Å²) in [7, 11) is 2.14. The lowest BCUT2D eigenvalue weighted by molar-refractivity contribution is -0.491. The molecule has 0 amide bonds. The van der Waals surface area contributed by atoms with Gasteiger partial charge < -0.3 is 4.90 Å². The van der Waals surface area contributed by atoms with E-state index < -0.39 is 0 Å². The molecule has 0 spiro atoms. The number of allylic oxidation sites excluding steroid dienone is 5. The highest BCUT2D eigenvalue weighted by Gasteiger charge is 2.15. The van der Waals surface area contributed by atoms with Gasteiger partial charge in [0.1, 0.15) is 13.6 Å². The van der Waals surface area contributed by atoms with Crippen molar-refractivity contribution in [3.63, 3.8) is 0 Å². The van der Waals surface area contributed by atoms with Gasteiger partial charge in [-0.05, 0) is 91.7 Å². The Morgan fingerprint density at radius 1 is 0.727 bits per heavy atom. The number of rotatable bonds is 9. The van der Waals surface area contributed by atoms with E-state index in [-0.39, 0.29) is 0 Å². The van der Waals surface area contributed by atoms with Gasteiger partial charge in [0.05, 0.1) is 0 Å². The summed E-state index contributed by atoms with van der Waals surface area (Å²) in [6.45, 7) is 14.2. The first-order valence-electron chi connectivity index (χ1n) is 12.7. The van der Waals surface area contributed by atoms with E-state index in [1.165, 1.54) is 52.1 Å². The lowest BCUT2D eigenvalue weighted by atomic mass is 9.88. The maximum Gasteiger partial charge on any atom is 0.199 e. The Morgan fingerprint density at radius 2 is 1.24 bits per heavy atom. The molecule has 3 rings (SSSR count). The highest BCUT2D eigenvalue weighted by atomic mass is 15.1. The normalized spacial score (nSPS) is 13.1. The van der Waals surface area contributed by atoms with Crippen LogP contribution in [-0.4, -0.2) is 37.0 Å². The molecular formula is C31H41N2+. The zero-order valence-electron chi connectivity index (χ0n) is 21.4. The molecule has 0 radical (unpaired) electrons. The van der Waals surface area contributed by atoms with Crippen LogP contribution < -0.4 is 4.90 Å². The summed E-state index contributed by atoms with van der Waals surface area (Å²) in [5, 5.41) is 0. The molecule has 1 aliphatic rings. The van der Waals surface area contributed by atoms with E-state index in [2.05, 4.69) is 124 Å². The first-order chi connectivity index (χ1) is 16.1. The van der Waals surface area contributed by atoms with Gasteiger partial charge in [-0.3, -0.25) is 0 Å². The molecule has 0 saturated carbocycles. The van der Waals surface area contributed by atoms with Gasteiger partial charge in [-0.1, -0.05) is 50.2 Å². The maximum absolute atomic E-state index is 2.39. The molecule has 0 unspecified atom stereocenters. The molecule has 33 heavy (non-hydrogen) atoms. The third-order valence-corrected chi connectivity index (χ3v) is 7.01. The van der Waals surface area contributed by atoms with Crippen LogP contribution in [0.3, 0.4) is 0 Å². The molecule has 2 aromatic rings. The summed E-state index contributed by atoms with van der Waals surface area (Å²) in [6, 6.07) is 18.4. The largest absolute Gasteiger partial charge is 0.372 e. The van der Waals surface area contributed by atoms with Crippen LogP contribution in [0.1, 0.15) is 70.1 Å². The fourth-order valence-corrected chi connectivity index (χ4v) is 4.67. The van der Waals surface area contributed by atoms with Gasteiger partial charge in [0.25, 0.3) is 0 Å². The summed E-state index contributed by atoms with van der Waals surface area (Å²) in [4.78, 5) is 2.39. The van der Waals surface area contributed by atoms with Crippen LogP contribution in [0.2, 0.25) is 0 Å². The van der Waals surface area contributed by atoms with Gasteiger partial charge >= 0.3 is 0 Å². The molecule has 0 N–H and O–H groups in total. The zero-order chi connectivity index (χ0) is 23.8. The Labute approximate surface area is 201 Å². The summed E-state index contributed by atoms with van der Waals surface area (Å²) >= 11 is 0. The molecule has 2 nitrogen and oxygen atoms in total. The zero-order valence-corrected chi connectivity index (χ0v) is 21.4. The molecule has 0 atom stereocenters. The van der Waals surface area contributed by atoms with E-state index in [1.54, 1.807) is 0 Å². The molecule has 0 aromatic heterocycles. The second-order valence-corrected chi connectivity index (χ2v) is 8.79. The maximum atomic E-state index is 2.39. The average molecular weight is 442 g/mol. The number of hydrogen-bond acceptors (Lipinski definition) is 1. The Hall–Kier alpha value is -2.87. The van der Waals surface area contributed by atoms with Gasteiger partial charge in [-0.25, -0.2) is 4.58 Å². The Morgan fingerprint density at radius 3 is 1.70 bits per heavy atom. The predicted molar refractivity (Wildman–Crippen MR) is 146 cm³/mol. The van der Waals surface area contributed by atoms with E-state index in [4.69, 9.17) is 0 Å². The first-order valence-corrected chi connectivity index (χ1v) is 12.7. The third-order valence-electron chi connectivity index (χ3n) is 7.01. The van der Waals surface area contributed by atoms with Crippen LogP contribution in [0.25, 0.3) is 5.57 Å². The van der Waals surface area contributed by atoms with Crippen molar-refractivity contribution in [2.24, 2.45) is 0 Å². The highest BCUT2D eigenvalue weighted by Crippen LogP contribution is 2.32. The lowest BCUT2D eigenvalue weighted by Crippen LogP contribution is -2.21. The van der Waals surface area contributed by atoms with E-state index in [0.717, 1.165) is 19.6 Å². The van der Waals surface area contributed by atoms with E-state index >= 15 is 0 Å². The average Bonchev–Trinajstić information content (AvgIpc) is 2.87. The minimum Gasteiger partial charge on any atom is -0.372 e. The number of hydrogen-bond donors (Lipinski definition) is 0. The number of benzene rings is 2. The molecule has 0 fully saturated rings. The molecule has 2 heteroatoms. The summed E-state index contributed by atoms with van der Waals surface area (Å²) in [6.07, 6.45) is 11.4. The van der Waals surface area contributed by atoms with Crippen molar-refractivity contribution in [3.8, 4) is 0 Å². The Kier molecular flexibility index (Phi) is 8.88. The van der Waals surface area contributed by atoms with Crippen molar-refractivity contribution < 1.29 is 4.58 Å². The van der Waals surface area contributed by atoms with Crippen LogP contribution in [-0.2, 0) is 0 Å². The number of anilines is 1. The fraction of sp³-hybridized carbons (Fsp3) is 0.387. The fourth-order valence-electron chi connectivity index (χ4n) is 4.67. The quantitative estimate of drug-likeness (QED) is 0.366. The summed E-state index contributed by atoms with van der Waals surface area (Å²) < 4.78 is 2.27. The van der Waals surface area contributed by atoms with Crippen LogP contribution in [0.15, 0.2) is 78.4 Å². The van der Waals surface area contributed by atoms with Gasteiger partial charge in [0, 0.05) is 30.9 Å². The van der Waals surface area contributed by atoms with Gasteiger partial charge in [0.15, 0.2) is 5.71 Å². The predicted octanol–water partition coefficient (Wildman–Crippen LogP) is 7.47. The highest BCUT2D eigenvalue weighted by molar-refractivity contribution is 6.04. The van der Waals surface area contributed by atoms with Crippen LogP contribution in [0.4, 0.5) is 5.69 Å². The Bertz CT molecular complexity index is 950. The molecule has 1 aliphatic carbocycles. The van der Waals surface area contributed by atoms with Crippen LogP contribution in [0, 0.1) is 0 Å². The molecule has 174 valence electrons. The van der Waals surface area contributed by atoms with Gasteiger partial charge in [-0.2, -0.15) is 0 Å². The van der Waals surface area contributed by atoms with E-state index in [9.17, 15) is 0 Å². The van der Waals surface area contributed by atoms with Crippen molar-refractivity contribution in [2.75, 3.05) is 31.6 Å². The molecule has 0 bridgehead atoms. The van der Waals surface area contributed by atoms with Gasteiger partial charge in [0.2, 0.25) is 0 Å². The minimum absolute atomic E-state index is 0.639. The standard InChI is InChI=1S/C31H41N2/c1-7-24(8-2)25-12-14-26(15-13-25)31(27-16-20-29(21-17-27)32(6)9-3)28-18-22-30(23-19-28)33(10-4)11-5/h12-24H,7-11H2,1-6H3/q+1. The van der Waals surface area contributed by atoms with Gasteiger partial charge in [-0.15, -0.1) is 0 Å². The van der Waals surface area contributed by atoms with Crippen molar-refractivity contribution in [2.45, 2.75) is 53.4 Å². The molecule has 0 saturated heterocycles. The van der Waals surface area contributed by atoms with Crippen molar-refractivity contribution in [3.05, 3.63) is 95.1 Å². The second kappa shape index (κ2) is 11.8. The Balaban J connectivity index is 2.08. The third kappa shape index (κ3) is 5.74. The summed E-state index contributed by atoms with van der Waals surface area (Å²) in [5.74, 6) is 0.639. The van der Waals surface area contributed by atoms with Crippen molar-refractivity contribution >= 4 is 17.0 Å². The van der Waals surface area contributed by atoms with Crippen molar-refractivity contribution in [1.82, 2.24) is 0 Å². The second-order valence-electron chi connectivity index (χ2n) is 8.79. The molecule has 0 aliphatic heterocycles. The van der Waals surface area contributed by atoms with Crippen LogP contribution in [0.5, 0.6) is 0 Å². The smallest absolute Gasteiger partial charge is 0.199 e. The van der Waals surface area contributed by atoms with E-state index in [1.807, 2.05) is 0 Å². The first kappa shape index (κ1) is 24.8. The lowest BCUT2D eigenvalue weighted by Gasteiger charge is -2.22.